The fraction of sp³-hybridized carbons (Fsp3) is 0.267. The lowest BCUT2D eigenvalue weighted by Gasteiger charge is -2.20. The first kappa shape index (κ1) is 12.5. The van der Waals surface area contributed by atoms with Crippen molar-refractivity contribution in [3.8, 4) is 5.88 Å². The summed E-state index contributed by atoms with van der Waals surface area (Å²) in [6.45, 7) is 1.65. The quantitative estimate of drug-likeness (QED) is 0.746. The largest absolute Gasteiger partial charge is 0.468 e. The summed E-state index contributed by atoms with van der Waals surface area (Å²) in [4.78, 5) is 6.54. The van der Waals surface area contributed by atoms with Gasteiger partial charge in [0.05, 0.1) is 0 Å². The van der Waals surface area contributed by atoms with E-state index in [4.69, 9.17) is 16.3 Å². The second-order valence-electron chi connectivity index (χ2n) is 4.81. The Balaban J connectivity index is 1.97. The molecule has 0 fully saturated rings. The summed E-state index contributed by atoms with van der Waals surface area (Å²) in [5, 5.41) is 0.468. The van der Waals surface area contributed by atoms with E-state index < -0.39 is 0 Å². The van der Waals surface area contributed by atoms with Gasteiger partial charge in [-0.3, -0.25) is 4.90 Å². The van der Waals surface area contributed by atoms with Gasteiger partial charge < -0.3 is 4.74 Å². The number of fused-ring (bicyclic) bond motifs is 1. The summed E-state index contributed by atoms with van der Waals surface area (Å²) < 4.78 is 6.06. The molecule has 1 aliphatic rings. The minimum atomic E-state index is -0.0154. The lowest BCUT2D eigenvalue weighted by molar-refractivity contribution is 0.160. The second-order valence-corrected chi connectivity index (χ2v) is 5.20. The van der Waals surface area contributed by atoms with Gasteiger partial charge in [-0.25, -0.2) is 4.98 Å². The molecule has 1 aromatic heterocycles. The van der Waals surface area contributed by atoms with Crippen molar-refractivity contribution >= 4 is 11.6 Å². The number of likely N-dealkylation sites (N-methyl/N-ethyl adjacent to an activating group) is 1. The highest BCUT2D eigenvalue weighted by molar-refractivity contribution is 6.29. The van der Waals surface area contributed by atoms with Gasteiger partial charge in [-0.1, -0.05) is 41.9 Å². The number of hydrogen-bond donors (Lipinski definition) is 0. The van der Waals surface area contributed by atoms with E-state index in [1.807, 2.05) is 24.3 Å². The molecule has 2 heterocycles. The Labute approximate surface area is 117 Å². The van der Waals surface area contributed by atoms with E-state index >= 15 is 0 Å². The number of hydrogen-bond acceptors (Lipinski definition) is 3. The predicted molar refractivity (Wildman–Crippen MR) is 75.4 cm³/mol. The van der Waals surface area contributed by atoms with Crippen molar-refractivity contribution < 1.29 is 4.74 Å². The summed E-state index contributed by atoms with van der Waals surface area (Å²) in [5.41, 5.74) is 2.23. The van der Waals surface area contributed by atoms with Crippen LogP contribution in [0.15, 0.2) is 42.5 Å². The van der Waals surface area contributed by atoms with E-state index in [9.17, 15) is 0 Å². The molecule has 0 saturated carbocycles. The van der Waals surface area contributed by atoms with Crippen LogP contribution in [-0.2, 0) is 6.54 Å². The van der Waals surface area contributed by atoms with Crippen LogP contribution in [0, 0.1) is 0 Å². The highest BCUT2D eigenvalue weighted by Crippen LogP contribution is 2.30. The fourth-order valence-electron chi connectivity index (χ4n) is 2.32. The van der Waals surface area contributed by atoms with Gasteiger partial charge in [-0.05, 0) is 24.7 Å². The van der Waals surface area contributed by atoms with E-state index in [-0.39, 0.29) is 6.10 Å². The minimum Gasteiger partial charge on any atom is -0.468 e. The molecule has 98 valence electrons. The molecule has 0 bridgehead atoms. The van der Waals surface area contributed by atoms with Crippen molar-refractivity contribution in [2.24, 2.45) is 0 Å². The Morgan fingerprint density at radius 3 is 2.79 bits per heavy atom. The maximum atomic E-state index is 6.06. The average Bonchev–Trinajstić information content (AvgIpc) is 2.58. The summed E-state index contributed by atoms with van der Waals surface area (Å²) >= 11 is 5.96. The average molecular weight is 275 g/mol. The molecule has 1 aliphatic heterocycles. The number of halogens is 1. The van der Waals surface area contributed by atoms with Crippen LogP contribution >= 0.6 is 11.6 Å². The van der Waals surface area contributed by atoms with Crippen LogP contribution in [0.2, 0.25) is 5.15 Å². The van der Waals surface area contributed by atoms with E-state index in [2.05, 4.69) is 29.1 Å². The first-order valence-corrected chi connectivity index (χ1v) is 6.66. The molecule has 1 aromatic carbocycles. The van der Waals surface area contributed by atoms with E-state index in [1.54, 1.807) is 6.07 Å². The standard InChI is InChI=1S/C15H15ClN2O/c1-18-9-12-7-8-14(16)17-15(12)19-13(10-18)11-5-3-2-4-6-11/h2-8,13H,9-10H2,1H3/t13-/m1/s1. The molecule has 3 nitrogen and oxygen atoms in total. The Morgan fingerprint density at radius 2 is 2.00 bits per heavy atom. The zero-order valence-electron chi connectivity index (χ0n) is 10.7. The van der Waals surface area contributed by atoms with Gasteiger partial charge in [0.25, 0.3) is 0 Å². The third kappa shape index (κ3) is 2.72. The zero-order chi connectivity index (χ0) is 13.2. The van der Waals surface area contributed by atoms with Gasteiger partial charge in [-0.2, -0.15) is 0 Å². The van der Waals surface area contributed by atoms with Gasteiger partial charge in [0.2, 0.25) is 5.88 Å². The first-order chi connectivity index (χ1) is 9.22. The highest BCUT2D eigenvalue weighted by Gasteiger charge is 2.23. The first-order valence-electron chi connectivity index (χ1n) is 6.28. The van der Waals surface area contributed by atoms with E-state index in [0.717, 1.165) is 24.2 Å². The zero-order valence-corrected chi connectivity index (χ0v) is 11.5. The lowest BCUT2D eigenvalue weighted by Crippen LogP contribution is -2.24. The Hall–Kier alpha value is -1.58. The third-order valence-electron chi connectivity index (χ3n) is 3.25. The molecule has 4 heteroatoms. The van der Waals surface area contributed by atoms with Crippen LogP contribution in [0.25, 0.3) is 0 Å². The summed E-state index contributed by atoms with van der Waals surface area (Å²) in [6.07, 6.45) is -0.0154. The summed E-state index contributed by atoms with van der Waals surface area (Å²) in [7, 11) is 2.09. The topological polar surface area (TPSA) is 25.4 Å². The van der Waals surface area contributed by atoms with Crippen LogP contribution in [0.5, 0.6) is 5.88 Å². The third-order valence-corrected chi connectivity index (χ3v) is 3.46. The fourth-order valence-corrected chi connectivity index (χ4v) is 2.46. The molecule has 0 amide bonds. The van der Waals surface area contributed by atoms with Crippen molar-refractivity contribution in [1.82, 2.24) is 9.88 Å². The summed E-state index contributed by atoms with van der Waals surface area (Å²) in [5.74, 6) is 0.644. The monoisotopic (exact) mass is 274 g/mol. The molecule has 0 spiro atoms. The molecule has 0 radical (unpaired) electrons. The van der Waals surface area contributed by atoms with Gasteiger partial charge in [0.15, 0.2) is 0 Å². The van der Waals surface area contributed by atoms with Crippen molar-refractivity contribution in [2.45, 2.75) is 12.6 Å². The number of pyridine rings is 1. The smallest absolute Gasteiger partial charge is 0.219 e. The van der Waals surface area contributed by atoms with Gasteiger partial charge in [-0.15, -0.1) is 0 Å². The predicted octanol–water partition coefficient (Wildman–Crippen LogP) is 3.30. The maximum Gasteiger partial charge on any atom is 0.219 e. The number of benzene rings is 1. The SMILES string of the molecule is CN1Cc2ccc(Cl)nc2O[C@@H](c2ccccc2)C1. The minimum absolute atomic E-state index is 0.0154. The molecule has 0 aliphatic carbocycles. The molecule has 2 aromatic rings. The van der Waals surface area contributed by atoms with Crippen molar-refractivity contribution in [3.05, 3.63) is 58.7 Å². The van der Waals surface area contributed by atoms with Crippen LogP contribution in [-0.4, -0.2) is 23.5 Å². The Morgan fingerprint density at radius 1 is 1.21 bits per heavy atom. The Kier molecular flexibility index (Phi) is 3.40. The van der Waals surface area contributed by atoms with E-state index in [1.165, 1.54) is 0 Å². The normalized spacial score (nSPS) is 19.4. The van der Waals surface area contributed by atoms with Crippen LogP contribution in [0.4, 0.5) is 0 Å². The molecule has 0 unspecified atom stereocenters. The molecular formula is C15H15ClN2O. The van der Waals surface area contributed by atoms with Gasteiger partial charge in [0, 0.05) is 18.7 Å². The van der Waals surface area contributed by atoms with E-state index in [0.29, 0.717) is 11.0 Å². The molecule has 0 saturated heterocycles. The second kappa shape index (κ2) is 5.19. The number of aromatic nitrogens is 1. The van der Waals surface area contributed by atoms with Gasteiger partial charge in [0.1, 0.15) is 11.3 Å². The molecule has 19 heavy (non-hydrogen) atoms. The number of rotatable bonds is 1. The van der Waals surface area contributed by atoms with Crippen LogP contribution in [0.3, 0.4) is 0 Å². The van der Waals surface area contributed by atoms with Crippen LogP contribution in [0.1, 0.15) is 17.2 Å². The molecule has 0 N–H and O–H groups in total. The Bertz CT molecular complexity index is 574. The van der Waals surface area contributed by atoms with Crippen molar-refractivity contribution in [2.75, 3.05) is 13.6 Å². The number of nitrogens with zero attached hydrogens (tertiary/aromatic N) is 2. The van der Waals surface area contributed by atoms with Crippen molar-refractivity contribution in [3.63, 3.8) is 0 Å². The highest BCUT2D eigenvalue weighted by atomic mass is 35.5. The molecular weight excluding hydrogens is 260 g/mol. The summed E-state index contributed by atoms with van der Waals surface area (Å²) in [6, 6.07) is 14.0. The molecule has 1 atom stereocenters. The van der Waals surface area contributed by atoms with Crippen molar-refractivity contribution in [1.29, 1.82) is 0 Å². The van der Waals surface area contributed by atoms with Gasteiger partial charge >= 0.3 is 0 Å². The lowest BCUT2D eigenvalue weighted by atomic mass is 10.1. The number of ether oxygens (including phenoxy) is 1. The van der Waals surface area contributed by atoms with Crippen LogP contribution < -0.4 is 4.74 Å². The molecule has 3 rings (SSSR count). The maximum absolute atomic E-state index is 6.06.